The average molecular weight is 325 g/mol. The van der Waals surface area contributed by atoms with Crippen LogP contribution in [0.3, 0.4) is 0 Å². The van der Waals surface area contributed by atoms with Crippen molar-refractivity contribution >= 4 is 12.0 Å². The summed E-state index contributed by atoms with van der Waals surface area (Å²) in [6.45, 7) is 2.58. The van der Waals surface area contributed by atoms with Crippen LogP contribution >= 0.6 is 0 Å². The van der Waals surface area contributed by atoms with Gasteiger partial charge in [-0.2, -0.15) is 0 Å². The summed E-state index contributed by atoms with van der Waals surface area (Å²) >= 11 is 0. The molecular weight excluding hydrogens is 302 g/mol. The van der Waals surface area contributed by atoms with Crippen LogP contribution in [0, 0.1) is 0 Å². The first-order valence-electron chi connectivity index (χ1n) is 8.01. The molecule has 24 heavy (non-hydrogen) atoms. The van der Waals surface area contributed by atoms with Gasteiger partial charge in [0.25, 0.3) is 0 Å². The number of carboxylic acid groups (broad SMARTS) is 1. The van der Waals surface area contributed by atoms with Gasteiger partial charge in [0.2, 0.25) is 0 Å². The van der Waals surface area contributed by atoms with Crippen molar-refractivity contribution < 1.29 is 15.0 Å². The number of aliphatic hydroxyl groups is 1. The molecule has 0 aliphatic rings. The van der Waals surface area contributed by atoms with E-state index < -0.39 is 12.1 Å². The zero-order chi connectivity index (χ0) is 17.4. The van der Waals surface area contributed by atoms with Crippen molar-refractivity contribution in [1.29, 1.82) is 0 Å². The number of aliphatic hydroxyl groups excluding tert-OH is 1. The summed E-state index contributed by atoms with van der Waals surface area (Å²) in [5, 5.41) is 22.1. The first-order chi connectivity index (χ1) is 11.5. The van der Waals surface area contributed by atoms with Gasteiger partial charge >= 0.3 is 5.97 Å². The smallest absolute Gasteiger partial charge is 0.328 e. The lowest BCUT2D eigenvalue weighted by molar-refractivity contribution is -0.131. The zero-order valence-corrected chi connectivity index (χ0v) is 13.7. The van der Waals surface area contributed by atoms with Crippen molar-refractivity contribution in [2.45, 2.75) is 25.5 Å². The lowest BCUT2D eigenvalue weighted by Crippen LogP contribution is -2.32. The van der Waals surface area contributed by atoms with E-state index in [-0.39, 0.29) is 6.04 Å². The van der Waals surface area contributed by atoms with E-state index in [4.69, 9.17) is 5.11 Å². The highest BCUT2D eigenvalue weighted by Crippen LogP contribution is 2.12. The molecule has 126 valence electrons. The van der Waals surface area contributed by atoms with E-state index in [1.807, 2.05) is 54.6 Å². The molecule has 2 aromatic rings. The van der Waals surface area contributed by atoms with Crippen molar-refractivity contribution in [2.75, 3.05) is 6.54 Å². The number of hydrogen-bond donors (Lipinski definition) is 3. The Balaban J connectivity index is 1.81. The van der Waals surface area contributed by atoms with Gasteiger partial charge in [0, 0.05) is 18.7 Å². The summed E-state index contributed by atoms with van der Waals surface area (Å²) in [6.07, 6.45) is 3.02. The Hall–Kier alpha value is -2.43. The van der Waals surface area contributed by atoms with Crippen LogP contribution in [0.2, 0.25) is 0 Å². The molecule has 0 bridgehead atoms. The van der Waals surface area contributed by atoms with E-state index in [0.717, 1.165) is 29.2 Å². The second kappa shape index (κ2) is 9.01. The number of nitrogens with one attached hydrogen (secondary N) is 1. The maximum Gasteiger partial charge on any atom is 0.328 e. The summed E-state index contributed by atoms with van der Waals surface area (Å²) in [6, 6.07) is 17.6. The van der Waals surface area contributed by atoms with Gasteiger partial charge in [-0.1, -0.05) is 54.6 Å². The fraction of sp³-hybridized carbons (Fsp3) is 0.250. The summed E-state index contributed by atoms with van der Waals surface area (Å²) in [7, 11) is 0. The van der Waals surface area contributed by atoms with Gasteiger partial charge in [0.05, 0.1) is 6.10 Å². The second-order valence-electron chi connectivity index (χ2n) is 5.85. The largest absolute Gasteiger partial charge is 0.478 e. The van der Waals surface area contributed by atoms with Crippen molar-refractivity contribution in [1.82, 2.24) is 5.32 Å². The second-order valence-corrected chi connectivity index (χ2v) is 5.85. The van der Waals surface area contributed by atoms with E-state index >= 15 is 0 Å². The van der Waals surface area contributed by atoms with Crippen molar-refractivity contribution in [2.24, 2.45) is 0 Å². The molecule has 0 saturated carbocycles. The van der Waals surface area contributed by atoms with Crippen LogP contribution in [-0.4, -0.2) is 28.8 Å². The monoisotopic (exact) mass is 325 g/mol. The van der Waals surface area contributed by atoms with Crippen LogP contribution in [0.1, 0.15) is 29.7 Å². The normalized spacial score (nSPS) is 13.8. The number of carbonyl (C=O) groups is 1. The topological polar surface area (TPSA) is 69.6 Å². The molecule has 0 saturated heterocycles. The molecule has 0 radical (unpaired) electrons. The molecule has 0 aromatic heterocycles. The average Bonchev–Trinajstić information content (AvgIpc) is 2.60. The van der Waals surface area contributed by atoms with Gasteiger partial charge in [-0.15, -0.1) is 0 Å². The minimum Gasteiger partial charge on any atom is -0.478 e. The summed E-state index contributed by atoms with van der Waals surface area (Å²) in [5.74, 6) is -0.950. The molecule has 0 aliphatic heterocycles. The van der Waals surface area contributed by atoms with Crippen molar-refractivity contribution in [3.8, 4) is 0 Å². The molecule has 0 amide bonds. The van der Waals surface area contributed by atoms with Gasteiger partial charge in [0.1, 0.15) is 0 Å². The third-order valence-corrected chi connectivity index (χ3v) is 3.78. The standard InChI is InChI=1S/C20H23NO3/c1-15(21-14-19(22)18-5-3-2-4-6-18)13-17-9-7-16(8-10-17)11-12-20(23)24/h2-12,15,19,21-22H,13-14H2,1H3,(H,23,24). The van der Waals surface area contributed by atoms with Crippen LogP contribution in [0.4, 0.5) is 0 Å². The summed E-state index contributed by atoms with van der Waals surface area (Å²) in [4.78, 5) is 10.5. The molecule has 3 N–H and O–H groups in total. The van der Waals surface area contributed by atoms with Crippen LogP contribution in [-0.2, 0) is 11.2 Å². The number of hydrogen-bond acceptors (Lipinski definition) is 3. The van der Waals surface area contributed by atoms with Crippen LogP contribution in [0.5, 0.6) is 0 Å². The van der Waals surface area contributed by atoms with E-state index in [0.29, 0.717) is 6.54 Å². The molecular formula is C20H23NO3. The van der Waals surface area contributed by atoms with Gasteiger partial charge in [0.15, 0.2) is 0 Å². The number of benzene rings is 2. The number of carboxylic acids is 1. The molecule has 0 spiro atoms. The lowest BCUT2D eigenvalue weighted by atomic mass is 10.0. The first-order valence-corrected chi connectivity index (χ1v) is 8.01. The van der Waals surface area contributed by atoms with Crippen LogP contribution in [0.15, 0.2) is 60.7 Å². The van der Waals surface area contributed by atoms with Crippen LogP contribution in [0.25, 0.3) is 6.08 Å². The van der Waals surface area contributed by atoms with Gasteiger partial charge < -0.3 is 15.5 Å². The van der Waals surface area contributed by atoms with Gasteiger partial charge in [-0.05, 0) is 36.1 Å². The minimum atomic E-state index is -0.950. The quantitative estimate of drug-likeness (QED) is 0.653. The van der Waals surface area contributed by atoms with Gasteiger partial charge in [-0.3, -0.25) is 0 Å². The Kier molecular flexibility index (Phi) is 6.73. The highest BCUT2D eigenvalue weighted by atomic mass is 16.4. The van der Waals surface area contributed by atoms with E-state index in [9.17, 15) is 9.90 Å². The van der Waals surface area contributed by atoms with E-state index in [1.54, 1.807) is 6.08 Å². The third-order valence-electron chi connectivity index (χ3n) is 3.78. The minimum absolute atomic E-state index is 0.226. The van der Waals surface area contributed by atoms with Crippen LogP contribution < -0.4 is 5.32 Å². The molecule has 2 aromatic carbocycles. The lowest BCUT2D eigenvalue weighted by Gasteiger charge is -2.17. The Morgan fingerprint density at radius 1 is 1.12 bits per heavy atom. The molecule has 2 atom stereocenters. The number of aliphatic carboxylic acids is 1. The fourth-order valence-corrected chi connectivity index (χ4v) is 2.46. The Morgan fingerprint density at radius 2 is 1.79 bits per heavy atom. The predicted octanol–water partition coefficient (Wildman–Crippen LogP) is 3.04. The van der Waals surface area contributed by atoms with Crippen molar-refractivity contribution in [3.05, 3.63) is 77.4 Å². The molecule has 2 rings (SSSR count). The predicted molar refractivity (Wildman–Crippen MR) is 95.7 cm³/mol. The Bertz CT molecular complexity index is 665. The summed E-state index contributed by atoms with van der Waals surface area (Å²) in [5.41, 5.74) is 2.93. The Labute approximate surface area is 142 Å². The number of rotatable bonds is 8. The summed E-state index contributed by atoms with van der Waals surface area (Å²) < 4.78 is 0. The highest BCUT2D eigenvalue weighted by molar-refractivity contribution is 5.85. The molecule has 2 unspecified atom stereocenters. The van der Waals surface area contributed by atoms with E-state index in [1.165, 1.54) is 0 Å². The molecule has 0 heterocycles. The van der Waals surface area contributed by atoms with Crippen molar-refractivity contribution in [3.63, 3.8) is 0 Å². The molecule has 4 heteroatoms. The molecule has 4 nitrogen and oxygen atoms in total. The molecule has 0 aliphatic carbocycles. The maximum atomic E-state index is 10.5. The van der Waals surface area contributed by atoms with E-state index in [2.05, 4.69) is 12.2 Å². The SMILES string of the molecule is CC(Cc1ccc(C=CC(=O)O)cc1)NCC(O)c1ccccc1. The Morgan fingerprint density at radius 3 is 2.42 bits per heavy atom. The maximum absolute atomic E-state index is 10.5. The highest BCUT2D eigenvalue weighted by Gasteiger charge is 2.09. The third kappa shape index (κ3) is 5.99. The zero-order valence-electron chi connectivity index (χ0n) is 13.7. The molecule has 0 fully saturated rings. The fourth-order valence-electron chi connectivity index (χ4n) is 2.46. The van der Waals surface area contributed by atoms with Gasteiger partial charge in [-0.25, -0.2) is 4.79 Å². The first kappa shape index (κ1) is 17.9.